The van der Waals surface area contributed by atoms with Crippen LogP contribution in [0.2, 0.25) is 10.0 Å². The number of carboxylic acid groups (broad SMARTS) is 2. The lowest BCUT2D eigenvalue weighted by Crippen LogP contribution is -2.69. The van der Waals surface area contributed by atoms with E-state index in [9.17, 15) is 25.1 Å². The second-order valence-electron chi connectivity index (χ2n) is 9.11. The molecule has 8 heteroatoms. The summed E-state index contributed by atoms with van der Waals surface area (Å²) in [4.78, 5) is 26.2. The highest BCUT2D eigenvalue weighted by Crippen LogP contribution is 2.59. The first kappa shape index (κ1) is 26.7. The van der Waals surface area contributed by atoms with Crippen LogP contribution >= 0.6 is 23.2 Å². The molecule has 0 saturated carbocycles. The third-order valence-corrected chi connectivity index (χ3v) is 7.74. The summed E-state index contributed by atoms with van der Waals surface area (Å²) in [6.45, 7) is 3.49. The van der Waals surface area contributed by atoms with Crippen LogP contribution < -0.4 is 5.32 Å². The second kappa shape index (κ2) is 10.8. The highest BCUT2D eigenvalue weighted by Gasteiger charge is 2.66. The molecule has 0 spiro atoms. The van der Waals surface area contributed by atoms with E-state index >= 15 is 0 Å². The van der Waals surface area contributed by atoms with Crippen LogP contribution in [0, 0.1) is 22.2 Å². The number of aliphatic carboxylic acids is 2. The van der Waals surface area contributed by atoms with Crippen molar-refractivity contribution in [2.45, 2.75) is 51.1 Å². The van der Waals surface area contributed by atoms with E-state index in [4.69, 9.17) is 23.2 Å². The van der Waals surface area contributed by atoms with Gasteiger partial charge in [-0.25, -0.2) is 0 Å². The number of rotatable bonds is 8. The molecule has 1 aliphatic heterocycles. The first-order valence-corrected chi connectivity index (χ1v) is 12.1. The van der Waals surface area contributed by atoms with Crippen molar-refractivity contribution in [2.75, 3.05) is 0 Å². The minimum absolute atomic E-state index is 0.0358. The number of halogens is 2. The van der Waals surface area contributed by atoms with E-state index in [0.29, 0.717) is 5.56 Å². The summed E-state index contributed by atoms with van der Waals surface area (Å²) < 4.78 is 0. The normalized spacial score (nSPS) is 28.5. The number of hydrogen-bond acceptors (Lipinski definition) is 4. The van der Waals surface area contributed by atoms with Gasteiger partial charge < -0.3 is 15.5 Å². The Morgan fingerprint density at radius 1 is 1.03 bits per heavy atom. The number of nitrogens with one attached hydrogen (secondary N) is 1. The van der Waals surface area contributed by atoms with E-state index in [0.717, 1.165) is 5.56 Å². The molecule has 1 saturated heterocycles. The monoisotopic (exact) mass is 514 g/mol. The van der Waals surface area contributed by atoms with Crippen LogP contribution in [0.3, 0.4) is 0 Å². The number of hydrogen-bond donors (Lipinski definition) is 3. The Hall–Kier alpha value is -2.85. The van der Waals surface area contributed by atoms with E-state index in [1.807, 2.05) is 42.5 Å². The van der Waals surface area contributed by atoms with Crippen molar-refractivity contribution in [3.8, 4) is 6.07 Å². The van der Waals surface area contributed by atoms with Crippen molar-refractivity contribution in [1.82, 2.24) is 5.32 Å². The van der Waals surface area contributed by atoms with Crippen LogP contribution in [0.15, 0.2) is 54.6 Å². The van der Waals surface area contributed by atoms with Gasteiger partial charge in [0.1, 0.15) is 0 Å². The molecule has 0 aliphatic carbocycles. The molecule has 1 aliphatic rings. The van der Waals surface area contributed by atoms with E-state index in [1.54, 1.807) is 32.1 Å². The van der Waals surface area contributed by atoms with Crippen LogP contribution in [-0.2, 0) is 9.59 Å². The number of carboxylic acids is 2. The smallest absolute Gasteiger partial charge is 0.312 e. The van der Waals surface area contributed by atoms with Gasteiger partial charge in [-0.05, 0) is 56.0 Å². The van der Waals surface area contributed by atoms with Gasteiger partial charge in [-0.2, -0.15) is 5.26 Å². The van der Waals surface area contributed by atoms with Gasteiger partial charge in [-0.3, -0.25) is 9.59 Å². The molecular weight excluding hydrogens is 487 g/mol. The van der Waals surface area contributed by atoms with Gasteiger partial charge in [0.05, 0.1) is 16.9 Å². The third kappa shape index (κ3) is 4.95. The average Bonchev–Trinajstić information content (AvgIpc) is 2.79. The molecule has 1 heterocycles. The van der Waals surface area contributed by atoms with Gasteiger partial charge in [-0.15, -0.1) is 0 Å². The van der Waals surface area contributed by atoms with Crippen molar-refractivity contribution >= 4 is 41.2 Å². The SMILES string of the molecule is CC1NC(C)C(CCC#N)(C(=O)O)C(c2cc(Cl)cc(Cl)c2)C1(CC=Cc1ccccc1)C(=O)O. The van der Waals surface area contributed by atoms with Crippen LogP contribution in [0.4, 0.5) is 0 Å². The first-order chi connectivity index (χ1) is 16.6. The molecule has 35 heavy (non-hydrogen) atoms. The molecule has 0 bridgehead atoms. The molecule has 6 nitrogen and oxygen atoms in total. The predicted octanol–water partition coefficient (Wildman–Crippen LogP) is 6.01. The van der Waals surface area contributed by atoms with Crippen LogP contribution in [0.25, 0.3) is 6.08 Å². The van der Waals surface area contributed by atoms with Gasteiger partial charge in [0.2, 0.25) is 0 Å². The summed E-state index contributed by atoms with van der Waals surface area (Å²) in [7, 11) is 0. The number of nitriles is 1. The number of allylic oxidation sites excluding steroid dienone is 1. The molecule has 2 aromatic rings. The number of benzene rings is 2. The summed E-state index contributed by atoms with van der Waals surface area (Å²) in [5.74, 6) is -3.33. The first-order valence-electron chi connectivity index (χ1n) is 11.4. The fourth-order valence-corrected chi connectivity index (χ4v) is 6.20. The van der Waals surface area contributed by atoms with Gasteiger partial charge in [0.25, 0.3) is 0 Å². The highest BCUT2D eigenvalue weighted by atomic mass is 35.5. The molecule has 3 N–H and O–H groups in total. The van der Waals surface area contributed by atoms with Gasteiger partial charge in [0.15, 0.2) is 0 Å². The van der Waals surface area contributed by atoms with Crippen molar-refractivity contribution < 1.29 is 19.8 Å². The zero-order valence-corrected chi connectivity index (χ0v) is 21.1. The van der Waals surface area contributed by atoms with Crippen LogP contribution in [-0.4, -0.2) is 34.2 Å². The van der Waals surface area contributed by atoms with E-state index < -0.39 is 40.8 Å². The molecule has 184 valence electrons. The van der Waals surface area contributed by atoms with E-state index in [-0.39, 0.29) is 29.3 Å². The Labute approximate surface area is 215 Å². The number of piperidine rings is 1. The van der Waals surface area contributed by atoms with Gasteiger partial charge in [-0.1, -0.05) is 65.7 Å². The lowest BCUT2D eigenvalue weighted by Gasteiger charge is -2.57. The maximum Gasteiger partial charge on any atom is 0.312 e. The summed E-state index contributed by atoms with van der Waals surface area (Å²) in [6.07, 6.45) is 3.57. The average molecular weight is 515 g/mol. The molecule has 1 fully saturated rings. The highest BCUT2D eigenvalue weighted by molar-refractivity contribution is 6.34. The Morgan fingerprint density at radius 2 is 1.60 bits per heavy atom. The zero-order chi connectivity index (χ0) is 25.8. The lowest BCUT2D eigenvalue weighted by molar-refractivity contribution is -0.172. The lowest BCUT2D eigenvalue weighted by atomic mass is 9.49. The molecule has 2 aromatic carbocycles. The van der Waals surface area contributed by atoms with Crippen molar-refractivity contribution in [1.29, 1.82) is 5.26 Å². The summed E-state index contributed by atoms with van der Waals surface area (Å²) in [6, 6.07) is 15.0. The molecule has 0 radical (unpaired) electrons. The molecule has 0 aromatic heterocycles. The van der Waals surface area contributed by atoms with E-state index in [2.05, 4.69) is 5.32 Å². The second-order valence-corrected chi connectivity index (χ2v) is 9.99. The molecular formula is C27H28Cl2N2O4. The minimum atomic E-state index is -1.60. The fraction of sp³-hybridized carbons (Fsp3) is 0.370. The molecule has 5 unspecified atom stereocenters. The number of nitrogens with zero attached hydrogens (tertiary/aromatic N) is 1. The molecule has 3 rings (SSSR count). The topological polar surface area (TPSA) is 110 Å². The molecule has 0 amide bonds. The Morgan fingerprint density at radius 3 is 2.14 bits per heavy atom. The minimum Gasteiger partial charge on any atom is -0.481 e. The number of carbonyl (C=O) groups is 2. The summed E-state index contributed by atoms with van der Waals surface area (Å²) in [5.41, 5.74) is -1.85. The maximum absolute atomic E-state index is 13.2. The fourth-order valence-electron chi connectivity index (χ4n) is 5.65. The quantitative estimate of drug-likeness (QED) is 0.397. The van der Waals surface area contributed by atoms with Gasteiger partial charge in [0, 0.05) is 34.5 Å². The Bertz CT molecular complexity index is 1140. The van der Waals surface area contributed by atoms with Crippen molar-refractivity contribution in [2.24, 2.45) is 10.8 Å². The largest absolute Gasteiger partial charge is 0.481 e. The van der Waals surface area contributed by atoms with Crippen LogP contribution in [0.5, 0.6) is 0 Å². The van der Waals surface area contributed by atoms with Gasteiger partial charge >= 0.3 is 11.9 Å². The van der Waals surface area contributed by atoms with E-state index in [1.165, 1.54) is 6.07 Å². The Balaban J connectivity index is 2.30. The maximum atomic E-state index is 13.2. The standard InChI is InChI=1S/C27H28Cl2N2O4/c1-17-26(24(32)33,11-6-10-19-8-4-3-5-9-19)23(20-14-21(28)16-22(29)15-20)27(25(34)35,12-7-13-30)18(2)31-17/h3-6,8-10,14-18,23,31H,7,11-12H2,1-2H3,(H,32,33)(H,34,35). The molecule has 5 atom stereocenters. The van der Waals surface area contributed by atoms with Crippen molar-refractivity contribution in [3.63, 3.8) is 0 Å². The summed E-state index contributed by atoms with van der Waals surface area (Å²) in [5, 5.41) is 34.5. The van der Waals surface area contributed by atoms with Crippen LogP contribution in [0.1, 0.15) is 50.2 Å². The zero-order valence-electron chi connectivity index (χ0n) is 19.5. The van der Waals surface area contributed by atoms with Crippen molar-refractivity contribution in [3.05, 3.63) is 75.8 Å². The predicted molar refractivity (Wildman–Crippen MR) is 136 cm³/mol. The third-order valence-electron chi connectivity index (χ3n) is 7.31. The summed E-state index contributed by atoms with van der Waals surface area (Å²) >= 11 is 12.6. The Kier molecular flexibility index (Phi) is 8.27.